The smallest absolute Gasteiger partial charge is 0.254 e. The number of rotatable bonds is 6. The highest BCUT2D eigenvalue weighted by Gasteiger charge is 2.20. The van der Waals surface area contributed by atoms with Crippen LogP contribution in [0, 0.1) is 5.82 Å². The second-order valence-corrected chi connectivity index (χ2v) is 8.74. The van der Waals surface area contributed by atoms with Gasteiger partial charge >= 0.3 is 0 Å². The topological polar surface area (TPSA) is 51.7 Å². The minimum atomic E-state index is -0.468. The Bertz CT molecular complexity index is 1380. The van der Waals surface area contributed by atoms with Crippen molar-refractivity contribution < 1.29 is 18.7 Å². The van der Waals surface area contributed by atoms with Gasteiger partial charge in [0.25, 0.3) is 5.91 Å². The fourth-order valence-electron chi connectivity index (χ4n) is 3.87. The van der Waals surface area contributed by atoms with E-state index in [1.165, 1.54) is 18.2 Å². The first-order valence-electron chi connectivity index (χ1n) is 10.6. The number of hydrogen-bond acceptors (Lipinski definition) is 4. The fraction of sp³-hybridized carbons (Fsp3) is 0.154. The predicted molar refractivity (Wildman–Crippen MR) is 129 cm³/mol. The van der Waals surface area contributed by atoms with E-state index in [2.05, 4.69) is 4.98 Å². The maximum absolute atomic E-state index is 13.8. The van der Waals surface area contributed by atoms with Gasteiger partial charge in [0.2, 0.25) is 6.79 Å². The number of amides is 1. The second kappa shape index (κ2) is 9.49. The van der Waals surface area contributed by atoms with Crippen LogP contribution in [0.25, 0.3) is 10.9 Å². The first-order chi connectivity index (χ1) is 16.5. The van der Waals surface area contributed by atoms with Crippen molar-refractivity contribution in [3.63, 3.8) is 0 Å². The summed E-state index contributed by atoms with van der Waals surface area (Å²) in [6.07, 6.45) is 0.593. The highest BCUT2D eigenvalue weighted by molar-refractivity contribution is 6.30. The molecule has 5 nitrogen and oxygen atoms in total. The van der Waals surface area contributed by atoms with E-state index >= 15 is 0 Å². The average molecular weight is 497 g/mol. The highest BCUT2D eigenvalue weighted by Crippen LogP contribution is 2.36. The van der Waals surface area contributed by atoms with Gasteiger partial charge < -0.3 is 14.4 Å². The lowest BCUT2D eigenvalue weighted by Crippen LogP contribution is -2.32. The molecule has 0 bridgehead atoms. The number of ether oxygens (including phenoxy) is 2. The van der Waals surface area contributed by atoms with Gasteiger partial charge in [0.15, 0.2) is 11.5 Å². The van der Waals surface area contributed by atoms with Gasteiger partial charge in [0.05, 0.1) is 5.52 Å². The number of nitrogens with zero attached hydrogens (tertiary/aromatic N) is 2. The highest BCUT2D eigenvalue weighted by atomic mass is 35.5. The molecule has 0 aliphatic carbocycles. The van der Waals surface area contributed by atoms with Gasteiger partial charge in [0.1, 0.15) is 11.0 Å². The molecule has 1 amide bonds. The molecule has 1 aliphatic rings. The van der Waals surface area contributed by atoms with E-state index in [1.807, 2.05) is 36.4 Å². The third kappa shape index (κ3) is 4.79. The van der Waals surface area contributed by atoms with Crippen molar-refractivity contribution in [1.82, 2.24) is 9.88 Å². The van der Waals surface area contributed by atoms with Crippen molar-refractivity contribution in [2.45, 2.75) is 13.0 Å². The third-order valence-corrected chi connectivity index (χ3v) is 6.22. The first-order valence-corrected chi connectivity index (χ1v) is 11.4. The molecule has 1 aliphatic heterocycles. The molecule has 0 N–H and O–H groups in total. The van der Waals surface area contributed by atoms with Crippen molar-refractivity contribution >= 4 is 40.0 Å². The van der Waals surface area contributed by atoms with Gasteiger partial charge in [-0.2, -0.15) is 0 Å². The number of carbonyl (C=O) groups excluding carboxylic acids is 1. The summed E-state index contributed by atoms with van der Waals surface area (Å²) in [7, 11) is 0. The molecule has 0 saturated heterocycles. The molecular weight excluding hydrogens is 478 g/mol. The quantitative estimate of drug-likeness (QED) is 0.294. The zero-order valence-electron chi connectivity index (χ0n) is 17.9. The van der Waals surface area contributed by atoms with Crippen molar-refractivity contribution in [1.29, 1.82) is 0 Å². The van der Waals surface area contributed by atoms with Crippen LogP contribution in [-0.2, 0) is 13.0 Å². The molecular formula is C26H19Cl2FN2O3. The van der Waals surface area contributed by atoms with Crippen LogP contribution >= 0.6 is 23.2 Å². The Hall–Kier alpha value is -3.35. The van der Waals surface area contributed by atoms with Crippen LogP contribution in [-0.4, -0.2) is 29.1 Å². The molecule has 0 radical (unpaired) electrons. The molecule has 172 valence electrons. The molecule has 0 saturated carbocycles. The lowest BCUT2D eigenvalue weighted by molar-refractivity contribution is 0.0744. The molecule has 0 fully saturated rings. The lowest BCUT2D eigenvalue weighted by Gasteiger charge is -2.24. The maximum Gasteiger partial charge on any atom is 0.254 e. The monoisotopic (exact) mass is 496 g/mol. The molecule has 8 heteroatoms. The Kier molecular flexibility index (Phi) is 6.26. The second-order valence-electron chi connectivity index (χ2n) is 7.95. The fourth-order valence-corrected chi connectivity index (χ4v) is 4.20. The lowest BCUT2D eigenvalue weighted by atomic mass is 10.1. The summed E-state index contributed by atoms with van der Waals surface area (Å²) in [6.45, 7) is 0.762. The summed E-state index contributed by atoms with van der Waals surface area (Å²) < 4.78 is 24.7. The van der Waals surface area contributed by atoms with Crippen molar-refractivity contribution in [2.75, 3.05) is 13.3 Å². The van der Waals surface area contributed by atoms with E-state index < -0.39 is 5.82 Å². The Labute approximate surface area is 205 Å². The maximum atomic E-state index is 13.8. The number of pyridine rings is 1. The van der Waals surface area contributed by atoms with E-state index in [-0.39, 0.29) is 30.0 Å². The van der Waals surface area contributed by atoms with Gasteiger partial charge in [-0.05, 0) is 54.4 Å². The van der Waals surface area contributed by atoms with Crippen LogP contribution in [0.2, 0.25) is 10.2 Å². The zero-order chi connectivity index (χ0) is 23.7. The van der Waals surface area contributed by atoms with Gasteiger partial charge in [-0.1, -0.05) is 41.4 Å². The molecule has 34 heavy (non-hydrogen) atoms. The van der Waals surface area contributed by atoms with Crippen molar-refractivity contribution in [3.05, 3.63) is 99.4 Å². The number of fused-ring (bicyclic) bond motifs is 2. The summed E-state index contributed by atoms with van der Waals surface area (Å²) in [5.74, 6) is 0.494. The first kappa shape index (κ1) is 22.4. The molecule has 0 unspecified atom stereocenters. The summed E-state index contributed by atoms with van der Waals surface area (Å²) in [5, 5.41) is 1.75. The SMILES string of the molecule is O=C(c1cccc(F)c1)N(CCc1ccc(Cl)cc1)Cc1cc2cc3c(cc2nc1Cl)OCO3. The average Bonchev–Trinajstić information content (AvgIpc) is 3.28. The van der Waals surface area contributed by atoms with Crippen LogP contribution in [0.4, 0.5) is 4.39 Å². The number of aromatic nitrogens is 1. The molecule has 5 rings (SSSR count). The van der Waals surface area contributed by atoms with Gasteiger partial charge in [-0.15, -0.1) is 0 Å². The van der Waals surface area contributed by atoms with E-state index in [4.69, 9.17) is 32.7 Å². The molecule has 0 atom stereocenters. The van der Waals surface area contributed by atoms with E-state index in [1.54, 1.807) is 17.0 Å². The Morgan fingerprint density at radius 2 is 1.76 bits per heavy atom. The summed E-state index contributed by atoms with van der Waals surface area (Å²) in [4.78, 5) is 19.5. The number of hydrogen-bond donors (Lipinski definition) is 0. The summed E-state index contributed by atoms with van der Waals surface area (Å²) >= 11 is 12.5. The number of halogens is 3. The van der Waals surface area contributed by atoms with Crippen LogP contribution in [0.5, 0.6) is 11.5 Å². The minimum absolute atomic E-state index is 0.160. The Morgan fingerprint density at radius 1 is 1.00 bits per heavy atom. The van der Waals surface area contributed by atoms with Crippen molar-refractivity contribution in [2.24, 2.45) is 0 Å². The normalized spacial score (nSPS) is 12.2. The minimum Gasteiger partial charge on any atom is -0.454 e. The number of carbonyl (C=O) groups is 1. The van der Waals surface area contributed by atoms with Crippen LogP contribution < -0.4 is 9.47 Å². The molecule has 3 aromatic carbocycles. The molecule has 4 aromatic rings. The van der Waals surface area contributed by atoms with Gasteiger partial charge in [-0.3, -0.25) is 4.79 Å². The van der Waals surface area contributed by atoms with Crippen molar-refractivity contribution in [3.8, 4) is 11.5 Å². The van der Waals surface area contributed by atoms with Gasteiger partial charge in [-0.25, -0.2) is 9.37 Å². The largest absolute Gasteiger partial charge is 0.454 e. The standard InChI is InChI=1S/C26H19Cl2FN2O3/c27-20-6-4-16(5-7-20)8-9-31(26(32)17-2-1-3-21(29)11-17)14-19-10-18-12-23-24(34-15-33-23)13-22(18)30-25(19)28/h1-7,10-13H,8-9,14-15H2. The molecule has 0 spiro atoms. The predicted octanol–water partition coefficient (Wildman–Crippen LogP) is 6.29. The van der Waals surface area contributed by atoms with E-state index in [0.29, 0.717) is 40.6 Å². The van der Waals surface area contributed by atoms with Gasteiger partial charge in [0, 0.05) is 40.7 Å². The Morgan fingerprint density at radius 3 is 2.53 bits per heavy atom. The van der Waals surface area contributed by atoms with E-state index in [9.17, 15) is 9.18 Å². The molecule has 2 heterocycles. The van der Waals surface area contributed by atoms with E-state index in [0.717, 1.165) is 10.9 Å². The van der Waals surface area contributed by atoms with Crippen LogP contribution in [0.1, 0.15) is 21.5 Å². The number of benzene rings is 3. The zero-order valence-corrected chi connectivity index (χ0v) is 19.4. The molecule has 1 aromatic heterocycles. The summed E-state index contributed by atoms with van der Waals surface area (Å²) in [6, 6.07) is 18.6. The summed E-state index contributed by atoms with van der Waals surface area (Å²) in [5.41, 5.74) is 2.64. The third-order valence-electron chi connectivity index (χ3n) is 5.64. The van der Waals surface area contributed by atoms with Crippen LogP contribution in [0.3, 0.4) is 0 Å². The Balaban J connectivity index is 1.46. The van der Waals surface area contributed by atoms with Crippen LogP contribution in [0.15, 0.2) is 66.7 Å².